The van der Waals surface area contributed by atoms with E-state index >= 15 is 0 Å². The number of imide groups is 1. The van der Waals surface area contributed by atoms with Crippen molar-refractivity contribution in [2.75, 3.05) is 11.9 Å². The van der Waals surface area contributed by atoms with Gasteiger partial charge in [0.25, 0.3) is 5.91 Å². The van der Waals surface area contributed by atoms with Crippen LogP contribution in [0, 0.1) is 0 Å². The summed E-state index contributed by atoms with van der Waals surface area (Å²) in [6, 6.07) is 13.8. The number of halogens is 2. The van der Waals surface area contributed by atoms with Crippen LogP contribution in [-0.4, -0.2) is 39.1 Å². The predicted octanol–water partition coefficient (Wildman–Crippen LogP) is 3.96. The molecule has 1 fully saturated rings. The molecule has 1 atom stereocenters. The molecule has 0 bridgehead atoms. The van der Waals surface area contributed by atoms with Crippen LogP contribution in [0.15, 0.2) is 54.7 Å². The molecule has 34 heavy (non-hydrogen) atoms. The van der Waals surface area contributed by atoms with Gasteiger partial charge in [-0.1, -0.05) is 53.5 Å². The molecule has 1 spiro atoms. The van der Waals surface area contributed by atoms with Crippen molar-refractivity contribution in [3.8, 4) is 0 Å². The van der Waals surface area contributed by atoms with Crippen molar-refractivity contribution in [1.29, 1.82) is 0 Å². The summed E-state index contributed by atoms with van der Waals surface area (Å²) in [6.07, 6.45) is 3.67. The maximum absolute atomic E-state index is 13.4. The van der Waals surface area contributed by atoms with Crippen LogP contribution in [0.5, 0.6) is 0 Å². The van der Waals surface area contributed by atoms with Gasteiger partial charge in [0.2, 0.25) is 5.91 Å². The quantitative estimate of drug-likeness (QED) is 0.521. The van der Waals surface area contributed by atoms with Gasteiger partial charge in [-0.2, -0.15) is 5.10 Å². The predicted molar refractivity (Wildman–Crippen MR) is 128 cm³/mol. The Balaban J connectivity index is 1.31. The summed E-state index contributed by atoms with van der Waals surface area (Å²) in [6.45, 7) is -0.0941. The zero-order valence-corrected chi connectivity index (χ0v) is 19.6. The van der Waals surface area contributed by atoms with Crippen LogP contribution in [0.4, 0.5) is 10.6 Å². The van der Waals surface area contributed by atoms with Crippen molar-refractivity contribution in [1.82, 2.24) is 20.0 Å². The van der Waals surface area contributed by atoms with E-state index in [2.05, 4.69) is 15.7 Å². The third-order valence-corrected chi connectivity index (χ3v) is 6.86. The number of aryl methyl sites for hydroxylation is 1. The molecule has 1 unspecified atom stereocenters. The Bertz CT molecular complexity index is 1310. The van der Waals surface area contributed by atoms with E-state index in [9.17, 15) is 14.4 Å². The fourth-order valence-corrected chi connectivity index (χ4v) is 5.13. The number of aromatic nitrogens is 2. The Hall–Kier alpha value is -3.36. The minimum Gasteiger partial charge on any atom is -0.319 e. The first-order valence-electron chi connectivity index (χ1n) is 10.9. The van der Waals surface area contributed by atoms with Gasteiger partial charge in [0, 0.05) is 16.1 Å². The maximum Gasteiger partial charge on any atom is 0.325 e. The molecular formula is C24H21Cl2N5O3. The monoisotopic (exact) mass is 497 g/mol. The Morgan fingerprint density at radius 3 is 2.79 bits per heavy atom. The average Bonchev–Trinajstić information content (AvgIpc) is 3.33. The molecule has 1 saturated heterocycles. The summed E-state index contributed by atoms with van der Waals surface area (Å²) in [7, 11) is 0. The van der Waals surface area contributed by atoms with E-state index in [4.69, 9.17) is 23.2 Å². The number of fused-ring (bicyclic) bond motifs is 2. The van der Waals surface area contributed by atoms with Crippen LogP contribution in [0.3, 0.4) is 0 Å². The summed E-state index contributed by atoms with van der Waals surface area (Å²) in [5, 5.41) is 10.8. The van der Waals surface area contributed by atoms with Gasteiger partial charge in [0.1, 0.15) is 17.9 Å². The highest BCUT2D eigenvalue weighted by Crippen LogP contribution is 2.39. The van der Waals surface area contributed by atoms with Crippen LogP contribution in [-0.2, 0) is 28.1 Å². The van der Waals surface area contributed by atoms with Gasteiger partial charge in [-0.05, 0) is 48.1 Å². The molecule has 2 N–H and O–H groups in total. The van der Waals surface area contributed by atoms with E-state index in [1.807, 2.05) is 24.3 Å². The number of rotatable bonds is 5. The van der Waals surface area contributed by atoms with Crippen molar-refractivity contribution < 1.29 is 14.4 Å². The second kappa shape index (κ2) is 8.77. The molecule has 0 saturated carbocycles. The van der Waals surface area contributed by atoms with Crippen molar-refractivity contribution >= 4 is 46.9 Å². The number of nitrogens with one attached hydrogen (secondary N) is 2. The second-order valence-corrected chi connectivity index (χ2v) is 9.24. The lowest BCUT2D eigenvalue weighted by Gasteiger charge is -2.33. The lowest BCUT2D eigenvalue weighted by molar-refractivity contribution is -0.134. The Morgan fingerprint density at radius 1 is 1.15 bits per heavy atom. The Labute approximate surface area is 205 Å². The van der Waals surface area contributed by atoms with Gasteiger partial charge >= 0.3 is 6.03 Å². The summed E-state index contributed by atoms with van der Waals surface area (Å²) in [5.74, 6) is -0.490. The number of carbonyl (C=O) groups is 3. The molecule has 3 aromatic rings. The van der Waals surface area contributed by atoms with E-state index in [0.29, 0.717) is 28.8 Å². The third-order valence-electron chi connectivity index (χ3n) is 6.27. The molecular weight excluding hydrogens is 477 g/mol. The number of nitrogens with zero attached hydrogens (tertiary/aromatic N) is 3. The van der Waals surface area contributed by atoms with E-state index in [0.717, 1.165) is 34.4 Å². The van der Waals surface area contributed by atoms with Crippen LogP contribution in [0.25, 0.3) is 0 Å². The Kier molecular flexibility index (Phi) is 5.79. The van der Waals surface area contributed by atoms with Crippen molar-refractivity contribution in [3.63, 3.8) is 0 Å². The van der Waals surface area contributed by atoms with Crippen LogP contribution >= 0.6 is 23.2 Å². The number of hydrogen-bond donors (Lipinski definition) is 2. The van der Waals surface area contributed by atoms with Crippen molar-refractivity contribution in [2.24, 2.45) is 0 Å². The van der Waals surface area contributed by atoms with Crippen LogP contribution in [0.1, 0.15) is 29.5 Å². The second-order valence-electron chi connectivity index (χ2n) is 8.40. The highest BCUT2D eigenvalue weighted by molar-refractivity contribution is 6.35. The van der Waals surface area contributed by atoms with Gasteiger partial charge in [-0.3, -0.25) is 14.5 Å². The van der Waals surface area contributed by atoms with Gasteiger partial charge in [0.05, 0.1) is 12.7 Å². The highest BCUT2D eigenvalue weighted by Gasteiger charge is 2.54. The van der Waals surface area contributed by atoms with Crippen molar-refractivity contribution in [2.45, 2.75) is 31.3 Å². The number of amides is 4. The van der Waals surface area contributed by atoms with Gasteiger partial charge < -0.3 is 10.6 Å². The number of urea groups is 1. The molecule has 10 heteroatoms. The molecule has 2 heterocycles. The lowest BCUT2D eigenvalue weighted by Crippen LogP contribution is -2.47. The minimum absolute atomic E-state index is 0.307. The lowest BCUT2D eigenvalue weighted by atomic mass is 9.76. The molecule has 174 valence electrons. The maximum atomic E-state index is 13.4. The first-order chi connectivity index (χ1) is 16.4. The minimum atomic E-state index is -1.11. The SMILES string of the molecule is O=C(CN1C(=O)NC2(CCCc3ccccc32)C1=O)Nc1ccnn1Cc1ccc(Cl)cc1Cl. The van der Waals surface area contributed by atoms with Crippen molar-refractivity contribution in [3.05, 3.63) is 81.5 Å². The van der Waals surface area contributed by atoms with E-state index in [1.54, 1.807) is 35.1 Å². The van der Waals surface area contributed by atoms with Crippen LogP contribution in [0.2, 0.25) is 10.0 Å². The molecule has 5 rings (SSSR count). The number of carbonyl (C=O) groups excluding carboxylic acids is 3. The zero-order chi connectivity index (χ0) is 23.9. The smallest absolute Gasteiger partial charge is 0.319 e. The molecule has 2 aromatic carbocycles. The van der Waals surface area contributed by atoms with E-state index < -0.39 is 29.9 Å². The number of anilines is 1. The largest absolute Gasteiger partial charge is 0.325 e. The molecule has 2 aliphatic rings. The van der Waals surface area contributed by atoms with Crippen LogP contribution < -0.4 is 10.6 Å². The summed E-state index contributed by atoms with van der Waals surface area (Å²) in [4.78, 5) is 39.9. The first-order valence-corrected chi connectivity index (χ1v) is 11.6. The fourth-order valence-electron chi connectivity index (χ4n) is 4.66. The standard InChI is InChI=1S/C24H21Cl2N5O3/c25-17-8-7-16(19(26)12-17)13-31-20(9-11-27-31)28-21(32)14-30-22(33)24(29-23(30)34)10-3-5-15-4-1-2-6-18(15)24/h1-2,4,6-9,11-12H,3,5,10,13-14H2,(H,28,32)(H,29,34). The van der Waals surface area contributed by atoms with E-state index in [1.165, 1.54) is 0 Å². The molecule has 1 aromatic heterocycles. The van der Waals surface area contributed by atoms with Gasteiger partial charge in [-0.15, -0.1) is 0 Å². The zero-order valence-electron chi connectivity index (χ0n) is 18.1. The Morgan fingerprint density at radius 2 is 1.97 bits per heavy atom. The van der Waals surface area contributed by atoms with Gasteiger partial charge in [0.15, 0.2) is 0 Å². The number of hydrogen-bond acceptors (Lipinski definition) is 4. The highest BCUT2D eigenvalue weighted by atomic mass is 35.5. The average molecular weight is 498 g/mol. The van der Waals surface area contributed by atoms with Gasteiger partial charge in [-0.25, -0.2) is 9.48 Å². The normalized spacial score (nSPS) is 19.3. The topological polar surface area (TPSA) is 96.3 Å². The summed E-state index contributed by atoms with van der Waals surface area (Å²) in [5.41, 5.74) is 1.51. The fraction of sp³-hybridized carbons (Fsp3) is 0.250. The third kappa shape index (κ3) is 3.93. The van der Waals surface area contributed by atoms with E-state index in [-0.39, 0.29) is 0 Å². The molecule has 8 nitrogen and oxygen atoms in total. The number of benzene rings is 2. The summed E-state index contributed by atoms with van der Waals surface area (Å²) >= 11 is 12.2. The first kappa shape index (κ1) is 22.4. The molecule has 0 radical (unpaired) electrons. The molecule has 1 aliphatic carbocycles. The molecule has 1 aliphatic heterocycles. The molecule has 4 amide bonds. The summed E-state index contributed by atoms with van der Waals surface area (Å²) < 4.78 is 1.57.